The summed E-state index contributed by atoms with van der Waals surface area (Å²) in [5.41, 5.74) is -0.376. The first kappa shape index (κ1) is 29.3. The van der Waals surface area contributed by atoms with Crippen molar-refractivity contribution in [3.05, 3.63) is 53.1 Å². The molecule has 2 bridgehead atoms. The lowest BCUT2D eigenvalue weighted by molar-refractivity contribution is -0.128. The van der Waals surface area contributed by atoms with Crippen molar-refractivity contribution in [3.63, 3.8) is 0 Å². The number of fused-ring (bicyclic) bond motifs is 2. The molecule has 11 heteroatoms. The summed E-state index contributed by atoms with van der Waals surface area (Å²) in [6.07, 6.45) is 2.55. The number of ether oxygens (including phenoxy) is 1. The van der Waals surface area contributed by atoms with Gasteiger partial charge in [0, 0.05) is 24.1 Å². The second-order valence-corrected chi connectivity index (χ2v) is 12.5. The van der Waals surface area contributed by atoms with Gasteiger partial charge in [-0.25, -0.2) is 13.6 Å². The van der Waals surface area contributed by atoms with E-state index >= 15 is 8.78 Å². The van der Waals surface area contributed by atoms with Crippen molar-refractivity contribution in [3.8, 4) is 23.3 Å². The molecule has 1 heterocycles. The summed E-state index contributed by atoms with van der Waals surface area (Å²) >= 11 is -1.49. The van der Waals surface area contributed by atoms with Crippen molar-refractivity contribution in [2.24, 2.45) is 5.92 Å². The van der Waals surface area contributed by atoms with Crippen LogP contribution in [0, 0.1) is 40.2 Å². The minimum atomic E-state index is -1.49. The summed E-state index contributed by atoms with van der Waals surface area (Å²) in [6.45, 7) is 5.21. The number of carbonyl (C=O) groups excluding carboxylic acids is 2. The first-order valence-electron chi connectivity index (χ1n) is 12.9. The molecule has 5 atom stereocenters. The van der Waals surface area contributed by atoms with E-state index in [1.807, 2.05) is 12.1 Å². The molecule has 1 saturated heterocycles. The van der Waals surface area contributed by atoms with Gasteiger partial charge in [-0.3, -0.25) is 9.69 Å². The Morgan fingerprint density at radius 3 is 2.42 bits per heavy atom. The maximum Gasteiger partial charge on any atom is 0.411 e. The van der Waals surface area contributed by atoms with E-state index in [0.29, 0.717) is 12.0 Å². The Kier molecular flexibility index (Phi) is 8.38. The normalized spacial score (nSPS) is 21.3. The van der Waals surface area contributed by atoms with Crippen molar-refractivity contribution in [1.82, 2.24) is 10.2 Å². The second-order valence-electron chi connectivity index (χ2n) is 11.1. The fourth-order valence-corrected chi connectivity index (χ4v) is 6.21. The maximum absolute atomic E-state index is 15.1. The van der Waals surface area contributed by atoms with Gasteiger partial charge in [0.2, 0.25) is 5.91 Å². The summed E-state index contributed by atoms with van der Waals surface area (Å²) in [5, 5.41) is 21.5. The van der Waals surface area contributed by atoms with Crippen molar-refractivity contribution < 1.29 is 27.7 Å². The highest BCUT2D eigenvalue weighted by molar-refractivity contribution is 7.90. The van der Waals surface area contributed by atoms with Crippen molar-refractivity contribution in [1.29, 1.82) is 10.5 Å². The van der Waals surface area contributed by atoms with Gasteiger partial charge in [-0.1, -0.05) is 6.07 Å². The number of hydrogen-bond donors (Lipinski definition) is 1. The van der Waals surface area contributed by atoms with Gasteiger partial charge in [0.05, 0.1) is 6.07 Å². The summed E-state index contributed by atoms with van der Waals surface area (Å²) < 4.78 is 47.8. The number of rotatable bonds is 6. The molecular formula is C29H30F2N4O4S. The Morgan fingerprint density at radius 2 is 1.85 bits per heavy atom. The van der Waals surface area contributed by atoms with E-state index < -0.39 is 58.9 Å². The zero-order valence-corrected chi connectivity index (χ0v) is 23.5. The molecule has 2 aromatic carbocycles. The molecule has 210 valence electrons. The zero-order valence-electron chi connectivity index (χ0n) is 22.7. The lowest BCUT2D eigenvalue weighted by Crippen LogP contribution is -2.55. The van der Waals surface area contributed by atoms with E-state index in [1.54, 1.807) is 20.8 Å². The smallest absolute Gasteiger partial charge is 0.411 e. The van der Waals surface area contributed by atoms with Crippen LogP contribution >= 0.6 is 0 Å². The third-order valence-electron chi connectivity index (χ3n) is 7.22. The van der Waals surface area contributed by atoms with E-state index in [0.717, 1.165) is 25.0 Å². The van der Waals surface area contributed by atoms with E-state index in [-0.39, 0.29) is 33.5 Å². The van der Waals surface area contributed by atoms with Crippen LogP contribution in [-0.2, 0) is 27.1 Å². The molecule has 8 nitrogen and oxygen atoms in total. The predicted octanol–water partition coefficient (Wildman–Crippen LogP) is 4.58. The molecule has 0 radical (unpaired) electrons. The summed E-state index contributed by atoms with van der Waals surface area (Å²) in [6, 6.07) is 8.23. The fraction of sp³-hybridized carbons (Fsp3) is 0.448. The molecule has 2 fully saturated rings. The SMILES string of the molecule is C[S+]([O-])c1cc(-c2cc(F)c(CC(C#N)NC(=O)[C@@H]3C4CC[C@H](C4)N3C(=O)OC(C)(C)C)c(F)c2)ccc1C#N. The summed E-state index contributed by atoms with van der Waals surface area (Å²) in [4.78, 5) is 27.8. The molecule has 2 amide bonds. The molecule has 1 aliphatic carbocycles. The van der Waals surface area contributed by atoms with Gasteiger partial charge < -0.3 is 14.6 Å². The highest BCUT2D eigenvalue weighted by Gasteiger charge is 2.52. The van der Waals surface area contributed by atoms with Crippen LogP contribution in [0.15, 0.2) is 35.2 Å². The quantitative estimate of drug-likeness (QED) is 0.508. The standard InChI is InChI=1S/C29H30F2N4O4S/c1-29(2,3)39-28(37)35-21-8-7-17(9-21)26(35)27(36)34-20(15-33)13-22-23(30)10-19(11-24(22)31)16-5-6-18(14-32)25(12-16)40(4)38/h5-6,10-12,17,20-21,26H,7-9,13H2,1-4H3,(H,34,36)/t17?,20?,21-,26+,40?/m1/s1. The van der Waals surface area contributed by atoms with Crippen LogP contribution in [0.2, 0.25) is 0 Å². The van der Waals surface area contributed by atoms with E-state index in [1.165, 1.54) is 29.4 Å². The first-order chi connectivity index (χ1) is 18.8. The molecule has 1 saturated carbocycles. The van der Waals surface area contributed by atoms with Crippen LogP contribution in [0.5, 0.6) is 0 Å². The van der Waals surface area contributed by atoms with Crippen LogP contribution in [0.4, 0.5) is 13.6 Å². The molecule has 1 N–H and O–H groups in total. The predicted molar refractivity (Wildman–Crippen MR) is 143 cm³/mol. The average molecular weight is 569 g/mol. The van der Waals surface area contributed by atoms with Gasteiger partial charge in [-0.15, -0.1) is 0 Å². The Hall–Kier alpha value is -3.67. The zero-order chi connectivity index (χ0) is 29.4. The van der Waals surface area contributed by atoms with Crippen molar-refractivity contribution in [2.75, 3.05) is 6.26 Å². The Bertz CT molecular complexity index is 1390. The number of piperidine rings is 1. The lowest BCUT2D eigenvalue weighted by Gasteiger charge is -2.35. The maximum atomic E-state index is 15.1. The monoisotopic (exact) mass is 568 g/mol. The molecule has 40 heavy (non-hydrogen) atoms. The minimum absolute atomic E-state index is 0.0839. The lowest BCUT2D eigenvalue weighted by atomic mass is 9.96. The number of carbonyl (C=O) groups is 2. The number of benzene rings is 2. The topological polar surface area (TPSA) is 129 Å². The van der Waals surface area contributed by atoms with E-state index in [9.17, 15) is 24.7 Å². The van der Waals surface area contributed by atoms with Crippen LogP contribution in [0.1, 0.15) is 51.2 Å². The van der Waals surface area contributed by atoms with Crippen LogP contribution in [0.3, 0.4) is 0 Å². The molecule has 0 aromatic heterocycles. The number of halogens is 2. The Labute approximate surface area is 235 Å². The van der Waals surface area contributed by atoms with Gasteiger partial charge in [0.1, 0.15) is 47.2 Å². The number of nitrogens with one attached hydrogen (secondary N) is 1. The number of likely N-dealkylation sites (tertiary alicyclic amines) is 1. The van der Waals surface area contributed by atoms with Gasteiger partial charge in [0.25, 0.3) is 0 Å². The second kappa shape index (κ2) is 11.4. The Balaban J connectivity index is 1.52. The Morgan fingerprint density at radius 1 is 1.18 bits per heavy atom. The number of amides is 2. The van der Waals surface area contributed by atoms with Crippen LogP contribution in [0.25, 0.3) is 11.1 Å². The third-order valence-corrected chi connectivity index (χ3v) is 8.18. The van der Waals surface area contributed by atoms with Gasteiger partial charge in [-0.2, -0.15) is 10.5 Å². The molecule has 3 unspecified atom stereocenters. The largest absolute Gasteiger partial charge is 0.612 e. The molecule has 1 aliphatic heterocycles. The molecule has 2 aromatic rings. The molecule has 2 aliphatic rings. The van der Waals surface area contributed by atoms with E-state index in [4.69, 9.17) is 4.74 Å². The van der Waals surface area contributed by atoms with Crippen LogP contribution < -0.4 is 5.32 Å². The van der Waals surface area contributed by atoms with Crippen molar-refractivity contribution in [2.45, 2.75) is 75.1 Å². The highest BCUT2D eigenvalue weighted by atomic mass is 32.2. The summed E-state index contributed by atoms with van der Waals surface area (Å²) in [7, 11) is 0. The highest BCUT2D eigenvalue weighted by Crippen LogP contribution is 2.43. The van der Waals surface area contributed by atoms with Gasteiger partial charge >= 0.3 is 6.09 Å². The number of nitrogens with zero attached hydrogens (tertiary/aromatic N) is 3. The third kappa shape index (κ3) is 6.06. The first-order valence-corrected chi connectivity index (χ1v) is 14.5. The van der Waals surface area contributed by atoms with Gasteiger partial charge in [-0.05, 0) is 86.5 Å². The van der Waals surface area contributed by atoms with Crippen molar-refractivity contribution >= 4 is 23.2 Å². The fourth-order valence-electron chi connectivity index (χ4n) is 5.49. The van der Waals surface area contributed by atoms with Gasteiger partial charge in [0.15, 0.2) is 4.90 Å². The molecule has 4 rings (SSSR count). The number of hydrogen-bond acceptors (Lipinski definition) is 6. The number of nitriles is 2. The summed E-state index contributed by atoms with van der Waals surface area (Å²) in [5.74, 6) is -2.47. The van der Waals surface area contributed by atoms with Crippen LogP contribution in [-0.4, -0.2) is 51.4 Å². The van der Waals surface area contributed by atoms with E-state index in [2.05, 4.69) is 5.32 Å². The minimum Gasteiger partial charge on any atom is -0.612 e. The average Bonchev–Trinajstić information content (AvgIpc) is 3.50. The molecular weight excluding hydrogens is 538 g/mol. The molecule has 0 spiro atoms.